The van der Waals surface area contributed by atoms with Crippen molar-refractivity contribution in [2.75, 3.05) is 18.5 Å². The van der Waals surface area contributed by atoms with E-state index in [1.165, 1.54) is 16.8 Å². The van der Waals surface area contributed by atoms with E-state index in [1.807, 2.05) is 6.07 Å². The number of nitrogens with two attached hydrogens (primary N) is 1. The Labute approximate surface area is 128 Å². The van der Waals surface area contributed by atoms with Gasteiger partial charge in [-0.25, -0.2) is 0 Å². The summed E-state index contributed by atoms with van der Waals surface area (Å²) in [6.45, 7) is 5.34. The molecule has 0 aliphatic heterocycles. The van der Waals surface area contributed by atoms with Crippen LogP contribution in [0.3, 0.4) is 0 Å². The summed E-state index contributed by atoms with van der Waals surface area (Å²) in [5.74, 6) is 0.392. The molecule has 2 heteroatoms. The largest absolute Gasteiger partial charge is 0.374 e. The van der Waals surface area contributed by atoms with Crippen molar-refractivity contribution >= 4 is 5.69 Å². The molecule has 0 spiro atoms. The Bertz CT molecular complexity index is 533. The van der Waals surface area contributed by atoms with Gasteiger partial charge in [-0.2, -0.15) is 0 Å². The maximum absolute atomic E-state index is 6.38. The van der Waals surface area contributed by atoms with E-state index in [9.17, 15) is 0 Å². The predicted octanol–water partition coefficient (Wildman–Crippen LogP) is 4.02. The Hall–Kier alpha value is -1.80. The molecule has 112 valence electrons. The fourth-order valence-electron chi connectivity index (χ4n) is 2.64. The van der Waals surface area contributed by atoms with Crippen LogP contribution < -0.4 is 10.6 Å². The van der Waals surface area contributed by atoms with E-state index in [1.54, 1.807) is 0 Å². The Balaban J connectivity index is 1.99. The van der Waals surface area contributed by atoms with Crippen molar-refractivity contribution in [3.8, 4) is 0 Å². The minimum atomic E-state index is 0.0727. The number of hydrogen-bond acceptors (Lipinski definition) is 2. The summed E-state index contributed by atoms with van der Waals surface area (Å²) < 4.78 is 0. The monoisotopic (exact) mass is 282 g/mol. The highest BCUT2D eigenvalue weighted by Gasteiger charge is 2.16. The van der Waals surface area contributed by atoms with Crippen LogP contribution in [0.1, 0.15) is 31.0 Å². The number of rotatable bonds is 6. The number of nitrogens with zero attached hydrogens (tertiary/aromatic N) is 1. The summed E-state index contributed by atoms with van der Waals surface area (Å²) in [5, 5.41) is 0. The molecule has 0 saturated carbocycles. The minimum Gasteiger partial charge on any atom is -0.374 e. The summed E-state index contributed by atoms with van der Waals surface area (Å²) in [6.07, 6.45) is 1.08. The molecule has 2 atom stereocenters. The standard InChI is InChI=1S/C19H26N2/c1-4-16-10-12-18(13-11-16)21(3)14-15(2)19(20)17-8-6-5-7-9-17/h5-13,15,19H,4,14,20H2,1-3H3. The maximum atomic E-state index is 6.38. The Morgan fingerprint density at radius 2 is 1.62 bits per heavy atom. The van der Waals surface area contributed by atoms with Gasteiger partial charge in [0, 0.05) is 25.3 Å². The van der Waals surface area contributed by atoms with Gasteiger partial charge in [0.2, 0.25) is 0 Å². The van der Waals surface area contributed by atoms with Crippen LogP contribution >= 0.6 is 0 Å². The van der Waals surface area contributed by atoms with Gasteiger partial charge in [-0.05, 0) is 35.6 Å². The fourth-order valence-corrected chi connectivity index (χ4v) is 2.64. The summed E-state index contributed by atoms with van der Waals surface area (Å²) >= 11 is 0. The zero-order chi connectivity index (χ0) is 15.2. The van der Waals surface area contributed by atoms with Gasteiger partial charge in [0.15, 0.2) is 0 Å². The molecule has 0 bridgehead atoms. The van der Waals surface area contributed by atoms with Crippen LogP contribution in [0.5, 0.6) is 0 Å². The first kappa shape index (κ1) is 15.6. The normalized spacial score (nSPS) is 13.7. The zero-order valence-electron chi connectivity index (χ0n) is 13.3. The molecule has 0 aliphatic carbocycles. The second-order valence-corrected chi connectivity index (χ2v) is 5.81. The number of anilines is 1. The molecule has 2 N–H and O–H groups in total. The first-order valence-electron chi connectivity index (χ1n) is 7.72. The van der Waals surface area contributed by atoms with Gasteiger partial charge in [-0.1, -0.05) is 56.3 Å². The van der Waals surface area contributed by atoms with Crippen LogP contribution in [0, 0.1) is 5.92 Å². The average molecular weight is 282 g/mol. The quantitative estimate of drug-likeness (QED) is 0.867. The molecule has 21 heavy (non-hydrogen) atoms. The molecule has 2 aromatic carbocycles. The molecule has 2 aromatic rings. The lowest BCUT2D eigenvalue weighted by Gasteiger charge is -2.27. The lowest BCUT2D eigenvalue weighted by Crippen LogP contribution is -2.31. The molecule has 2 unspecified atom stereocenters. The van der Waals surface area contributed by atoms with E-state index in [-0.39, 0.29) is 6.04 Å². The van der Waals surface area contributed by atoms with E-state index >= 15 is 0 Å². The molecule has 2 rings (SSSR count). The number of aryl methyl sites for hydroxylation is 1. The molecular formula is C19H26N2. The Morgan fingerprint density at radius 3 is 2.19 bits per heavy atom. The number of hydrogen-bond donors (Lipinski definition) is 1. The zero-order valence-corrected chi connectivity index (χ0v) is 13.3. The highest BCUT2D eigenvalue weighted by atomic mass is 15.1. The van der Waals surface area contributed by atoms with E-state index in [0.29, 0.717) is 5.92 Å². The molecular weight excluding hydrogens is 256 g/mol. The first-order chi connectivity index (χ1) is 10.1. The van der Waals surface area contributed by atoms with Crippen LogP contribution in [0.15, 0.2) is 54.6 Å². The van der Waals surface area contributed by atoms with Gasteiger partial charge in [-0.3, -0.25) is 0 Å². The molecule has 0 aliphatic rings. The van der Waals surface area contributed by atoms with Gasteiger partial charge < -0.3 is 10.6 Å². The van der Waals surface area contributed by atoms with Gasteiger partial charge in [-0.15, -0.1) is 0 Å². The lowest BCUT2D eigenvalue weighted by atomic mass is 9.95. The van der Waals surface area contributed by atoms with Gasteiger partial charge in [0.05, 0.1) is 0 Å². The molecule has 0 aromatic heterocycles. The topological polar surface area (TPSA) is 29.3 Å². The molecule has 0 saturated heterocycles. The SMILES string of the molecule is CCc1ccc(N(C)CC(C)C(N)c2ccccc2)cc1. The van der Waals surface area contributed by atoms with E-state index in [0.717, 1.165) is 13.0 Å². The Kier molecular flexibility index (Phi) is 5.40. The van der Waals surface area contributed by atoms with Crippen molar-refractivity contribution in [2.24, 2.45) is 11.7 Å². The van der Waals surface area contributed by atoms with E-state index < -0.39 is 0 Å². The van der Waals surface area contributed by atoms with Crippen molar-refractivity contribution in [3.05, 3.63) is 65.7 Å². The second kappa shape index (κ2) is 7.28. The van der Waals surface area contributed by atoms with Crippen molar-refractivity contribution in [1.82, 2.24) is 0 Å². The molecule has 0 radical (unpaired) electrons. The smallest absolute Gasteiger partial charge is 0.0363 e. The third kappa shape index (κ3) is 4.08. The third-order valence-electron chi connectivity index (χ3n) is 4.14. The molecule has 0 fully saturated rings. The predicted molar refractivity (Wildman–Crippen MR) is 91.6 cm³/mol. The summed E-state index contributed by atoms with van der Waals surface area (Å²) in [7, 11) is 2.13. The average Bonchev–Trinajstić information content (AvgIpc) is 2.55. The van der Waals surface area contributed by atoms with E-state index in [4.69, 9.17) is 5.73 Å². The summed E-state index contributed by atoms with van der Waals surface area (Å²) in [4.78, 5) is 2.28. The lowest BCUT2D eigenvalue weighted by molar-refractivity contribution is 0.472. The van der Waals surface area contributed by atoms with E-state index in [2.05, 4.69) is 74.3 Å². The highest BCUT2D eigenvalue weighted by Crippen LogP contribution is 2.22. The van der Waals surface area contributed by atoms with Crippen molar-refractivity contribution in [3.63, 3.8) is 0 Å². The van der Waals surface area contributed by atoms with Gasteiger partial charge in [0.25, 0.3) is 0 Å². The minimum absolute atomic E-state index is 0.0727. The van der Waals surface area contributed by atoms with Crippen molar-refractivity contribution < 1.29 is 0 Å². The second-order valence-electron chi connectivity index (χ2n) is 5.81. The van der Waals surface area contributed by atoms with Gasteiger partial charge >= 0.3 is 0 Å². The molecule has 0 amide bonds. The highest BCUT2D eigenvalue weighted by molar-refractivity contribution is 5.47. The molecule has 0 heterocycles. The third-order valence-corrected chi connectivity index (χ3v) is 4.14. The fraction of sp³-hybridized carbons (Fsp3) is 0.368. The summed E-state index contributed by atoms with van der Waals surface area (Å²) in [5.41, 5.74) is 10.2. The Morgan fingerprint density at radius 1 is 1.00 bits per heavy atom. The van der Waals surface area contributed by atoms with Crippen LogP contribution in [0.4, 0.5) is 5.69 Å². The van der Waals surface area contributed by atoms with Crippen LogP contribution in [0.25, 0.3) is 0 Å². The maximum Gasteiger partial charge on any atom is 0.0363 e. The van der Waals surface area contributed by atoms with Crippen molar-refractivity contribution in [2.45, 2.75) is 26.3 Å². The number of benzene rings is 2. The van der Waals surface area contributed by atoms with Crippen LogP contribution in [0.2, 0.25) is 0 Å². The van der Waals surface area contributed by atoms with Crippen LogP contribution in [-0.2, 0) is 6.42 Å². The van der Waals surface area contributed by atoms with Crippen molar-refractivity contribution in [1.29, 1.82) is 0 Å². The van der Waals surface area contributed by atoms with Crippen LogP contribution in [-0.4, -0.2) is 13.6 Å². The first-order valence-corrected chi connectivity index (χ1v) is 7.72. The van der Waals surface area contributed by atoms with Gasteiger partial charge in [0.1, 0.15) is 0 Å². The summed E-state index contributed by atoms with van der Waals surface area (Å²) in [6, 6.07) is 19.2. The molecule has 2 nitrogen and oxygen atoms in total.